The number of nitrogen functional groups attached to an aromatic ring is 1. The van der Waals surface area contributed by atoms with Crippen molar-refractivity contribution in [3.8, 4) is 0 Å². The molecule has 2 atom stereocenters. The highest BCUT2D eigenvalue weighted by Crippen LogP contribution is 2.24. The minimum absolute atomic E-state index is 0.0464. The standard InChI is InChI=1S/C12H19N3O3S/c1-8(9-4-5-18-7-9)15-10-2-3-12(11(13)6-10)19(14,16)17/h2-3,6,8-9,15H,4-5,7,13H2,1H3,(H2,14,16,17). The molecule has 1 fully saturated rings. The van der Waals surface area contributed by atoms with E-state index >= 15 is 0 Å². The predicted octanol–water partition coefficient (Wildman–Crippen LogP) is 0.753. The first-order chi connectivity index (χ1) is 8.88. The van der Waals surface area contributed by atoms with Crippen LogP contribution >= 0.6 is 0 Å². The lowest BCUT2D eigenvalue weighted by Gasteiger charge is -2.21. The predicted molar refractivity (Wildman–Crippen MR) is 74.2 cm³/mol. The van der Waals surface area contributed by atoms with Gasteiger partial charge in [-0.2, -0.15) is 0 Å². The van der Waals surface area contributed by atoms with Gasteiger partial charge in [-0.15, -0.1) is 0 Å². The molecular weight excluding hydrogens is 266 g/mol. The Balaban J connectivity index is 2.12. The maximum Gasteiger partial charge on any atom is 0.240 e. The van der Waals surface area contributed by atoms with Crippen molar-refractivity contribution in [2.24, 2.45) is 11.1 Å². The average Bonchev–Trinajstić information content (AvgIpc) is 2.80. The molecule has 1 aliphatic heterocycles. The monoisotopic (exact) mass is 285 g/mol. The summed E-state index contributed by atoms with van der Waals surface area (Å²) in [6.45, 7) is 3.62. The number of rotatable bonds is 4. The van der Waals surface area contributed by atoms with E-state index < -0.39 is 10.0 Å². The molecule has 2 rings (SSSR count). The van der Waals surface area contributed by atoms with Gasteiger partial charge >= 0.3 is 0 Å². The number of ether oxygens (including phenoxy) is 1. The van der Waals surface area contributed by atoms with E-state index in [2.05, 4.69) is 12.2 Å². The molecule has 5 N–H and O–H groups in total. The topological polar surface area (TPSA) is 107 Å². The lowest BCUT2D eigenvalue weighted by Crippen LogP contribution is -2.26. The van der Waals surface area contributed by atoms with Gasteiger partial charge in [0.15, 0.2) is 0 Å². The molecule has 1 saturated heterocycles. The van der Waals surface area contributed by atoms with E-state index in [1.165, 1.54) is 6.07 Å². The van der Waals surface area contributed by atoms with Crippen molar-refractivity contribution in [1.29, 1.82) is 0 Å². The molecule has 0 saturated carbocycles. The van der Waals surface area contributed by atoms with E-state index in [0.29, 0.717) is 5.92 Å². The molecule has 0 aromatic heterocycles. The second kappa shape index (κ2) is 5.36. The number of sulfonamides is 1. The van der Waals surface area contributed by atoms with Crippen LogP contribution < -0.4 is 16.2 Å². The van der Waals surface area contributed by atoms with Crippen LogP contribution in [0, 0.1) is 5.92 Å². The normalized spacial score (nSPS) is 21.3. The van der Waals surface area contributed by atoms with Gasteiger partial charge in [0.05, 0.1) is 12.3 Å². The van der Waals surface area contributed by atoms with Crippen molar-refractivity contribution in [2.75, 3.05) is 24.3 Å². The molecule has 1 aromatic rings. The van der Waals surface area contributed by atoms with Crippen molar-refractivity contribution >= 4 is 21.4 Å². The summed E-state index contributed by atoms with van der Waals surface area (Å²) in [7, 11) is -3.77. The Morgan fingerprint density at radius 2 is 2.21 bits per heavy atom. The molecule has 7 heteroatoms. The Kier molecular flexibility index (Phi) is 3.98. The smallest absolute Gasteiger partial charge is 0.240 e. The summed E-state index contributed by atoms with van der Waals surface area (Å²) in [4.78, 5) is -0.0464. The second-order valence-electron chi connectivity index (χ2n) is 4.85. The zero-order chi connectivity index (χ0) is 14.0. The summed E-state index contributed by atoms with van der Waals surface area (Å²) < 4.78 is 27.9. The van der Waals surface area contributed by atoms with Gasteiger partial charge in [-0.25, -0.2) is 13.6 Å². The first-order valence-electron chi connectivity index (χ1n) is 6.14. The van der Waals surface area contributed by atoms with Crippen LogP contribution in [0.25, 0.3) is 0 Å². The van der Waals surface area contributed by atoms with Crippen LogP contribution in [0.1, 0.15) is 13.3 Å². The van der Waals surface area contributed by atoms with Gasteiger partial charge in [-0.05, 0) is 31.5 Å². The molecule has 0 aliphatic carbocycles. The Morgan fingerprint density at radius 1 is 1.47 bits per heavy atom. The number of hydrogen-bond donors (Lipinski definition) is 3. The SMILES string of the molecule is CC(Nc1ccc(S(N)(=O)=O)c(N)c1)C1CCOC1. The van der Waals surface area contributed by atoms with E-state index in [1.54, 1.807) is 12.1 Å². The van der Waals surface area contributed by atoms with Crippen molar-refractivity contribution in [2.45, 2.75) is 24.3 Å². The largest absolute Gasteiger partial charge is 0.398 e. The van der Waals surface area contributed by atoms with Crippen molar-refractivity contribution in [3.05, 3.63) is 18.2 Å². The Hall–Kier alpha value is -1.31. The molecule has 0 spiro atoms. The first kappa shape index (κ1) is 14.1. The molecule has 1 aromatic carbocycles. The fraction of sp³-hybridized carbons (Fsp3) is 0.500. The molecule has 0 amide bonds. The maximum atomic E-state index is 11.3. The average molecular weight is 285 g/mol. The Bertz CT molecular complexity index is 553. The number of nitrogens with one attached hydrogen (secondary N) is 1. The van der Waals surface area contributed by atoms with Gasteiger partial charge < -0.3 is 15.8 Å². The van der Waals surface area contributed by atoms with Crippen LogP contribution in [-0.2, 0) is 14.8 Å². The van der Waals surface area contributed by atoms with Crippen LogP contribution in [-0.4, -0.2) is 27.7 Å². The number of hydrogen-bond acceptors (Lipinski definition) is 5. The summed E-state index contributed by atoms with van der Waals surface area (Å²) in [6.07, 6.45) is 1.03. The van der Waals surface area contributed by atoms with E-state index in [4.69, 9.17) is 15.6 Å². The Morgan fingerprint density at radius 3 is 2.74 bits per heavy atom. The maximum absolute atomic E-state index is 11.3. The van der Waals surface area contributed by atoms with Crippen LogP contribution in [0.2, 0.25) is 0 Å². The third kappa shape index (κ3) is 3.37. The number of benzene rings is 1. The summed E-state index contributed by atoms with van der Waals surface area (Å²) >= 11 is 0. The lowest BCUT2D eigenvalue weighted by atomic mass is 10.0. The number of anilines is 2. The number of nitrogens with two attached hydrogens (primary N) is 2. The van der Waals surface area contributed by atoms with E-state index in [-0.39, 0.29) is 16.6 Å². The van der Waals surface area contributed by atoms with Crippen molar-refractivity contribution < 1.29 is 13.2 Å². The van der Waals surface area contributed by atoms with Gasteiger partial charge in [0.2, 0.25) is 10.0 Å². The molecule has 1 heterocycles. The summed E-state index contributed by atoms with van der Waals surface area (Å²) in [6, 6.07) is 4.92. The molecular formula is C12H19N3O3S. The van der Waals surface area contributed by atoms with Gasteiger partial charge in [0, 0.05) is 24.3 Å². The van der Waals surface area contributed by atoms with Crippen LogP contribution in [0.4, 0.5) is 11.4 Å². The molecule has 0 bridgehead atoms. The van der Waals surface area contributed by atoms with Crippen LogP contribution in [0.5, 0.6) is 0 Å². The molecule has 19 heavy (non-hydrogen) atoms. The number of primary sulfonamides is 1. The molecule has 6 nitrogen and oxygen atoms in total. The van der Waals surface area contributed by atoms with Crippen LogP contribution in [0.3, 0.4) is 0 Å². The quantitative estimate of drug-likeness (QED) is 0.708. The Labute approximate surface area is 113 Å². The van der Waals surface area contributed by atoms with Crippen LogP contribution in [0.15, 0.2) is 23.1 Å². The molecule has 0 radical (unpaired) electrons. The van der Waals surface area contributed by atoms with E-state index in [9.17, 15) is 8.42 Å². The van der Waals surface area contributed by atoms with E-state index in [0.717, 1.165) is 25.3 Å². The minimum atomic E-state index is -3.77. The summed E-state index contributed by atoms with van der Waals surface area (Å²) in [5.41, 5.74) is 6.65. The fourth-order valence-electron chi connectivity index (χ4n) is 2.23. The zero-order valence-corrected chi connectivity index (χ0v) is 11.6. The third-order valence-corrected chi connectivity index (χ3v) is 4.37. The highest BCUT2D eigenvalue weighted by Gasteiger charge is 2.22. The molecule has 2 unspecified atom stereocenters. The second-order valence-corrected chi connectivity index (χ2v) is 6.38. The highest BCUT2D eigenvalue weighted by atomic mass is 32.2. The van der Waals surface area contributed by atoms with Gasteiger partial charge in [0.25, 0.3) is 0 Å². The lowest BCUT2D eigenvalue weighted by molar-refractivity contribution is 0.183. The third-order valence-electron chi connectivity index (χ3n) is 3.38. The summed E-state index contributed by atoms with van der Waals surface area (Å²) in [5.74, 6) is 0.458. The first-order valence-corrected chi connectivity index (χ1v) is 7.69. The van der Waals surface area contributed by atoms with Gasteiger partial charge in [0.1, 0.15) is 4.90 Å². The molecule has 1 aliphatic rings. The van der Waals surface area contributed by atoms with Crippen molar-refractivity contribution in [1.82, 2.24) is 0 Å². The van der Waals surface area contributed by atoms with E-state index in [1.807, 2.05) is 0 Å². The zero-order valence-electron chi connectivity index (χ0n) is 10.8. The highest BCUT2D eigenvalue weighted by molar-refractivity contribution is 7.89. The minimum Gasteiger partial charge on any atom is -0.398 e. The van der Waals surface area contributed by atoms with Gasteiger partial charge in [-0.1, -0.05) is 0 Å². The van der Waals surface area contributed by atoms with Crippen molar-refractivity contribution in [3.63, 3.8) is 0 Å². The fourth-order valence-corrected chi connectivity index (χ4v) is 2.87. The molecule has 106 valence electrons. The van der Waals surface area contributed by atoms with Gasteiger partial charge in [-0.3, -0.25) is 0 Å². The summed E-state index contributed by atoms with van der Waals surface area (Å²) in [5, 5.41) is 8.37.